The summed E-state index contributed by atoms with van der Waals surface area (Å²) in [5.41, 5.74) is 1.57. The summed E-state index contributed by atoms with van der Waals surface area (Å²) < 4.78 is 0. The normalized spacial score (nSPS) is 12.6. The second-order valence-corrected chi connectivity index (χ2v) is 5.45. The first-order chi connectivity index (χ1) is 8.71. The lowest BCUT2D eigenvalue weighted by atomic mass is 9.86. The molecule has 1 aromatic rings. The fourth-order valence-electron chi connectivity index (χ4n) is 1.66. The maximum atomic E-state index is 11.7. The molecule has 0 fully saturated rings. The van der Waals surface area contributed by atoms with E-state index in [-0.39, 0.29) is 5.41 Å². The number of benzene rings is 1. The highest BCUT2D eigenvalue weighted by Crippen LogP contribution is 2.29. The summed E-state index contributed by atoms with van der Waals surface area (Å²) in [6.07, 6.45) is 0. The Balaban J connectivity index is 2.83. The zero-order valence-corrected chi connectivity index (χ0v) is 11.7. The van der Waals surface area contributed by atoms with Crippen molar-refractivity contribution < 1.29 is 14.7 Å². The molecule has 0 heterocycles. The van der Waals surface area contributed by atoms with Crippen molar-refractivity contribution in [3.8, 4) is 0 Å². The lowest BCUT2D eigenvalue weighted by molar-refractivity contribution is -0.138. The Morgan fingerprint density at radius 2 is 1.79 bits per heavy atom. The van der Waals surface area contributed by atoms with Gasteiger partial charge >= 0.3 is 12.0 Å². The van der Waals surface area contributed by atoms with Crippen LogP contribution < -0.4 is 10.6 Å². The number of hydrogen-bond donors (Lipinski definition) is 3. The van der Waals surface area contributed by atoms with Gasteiger partial charge in [0, 0.05) is 5.69 Å². The van der Waals surface area contributed by atoms with Gasteiger partial charge in [-0.15, -0.1) is 0 Å². The monoisotopic (exact) mass is 264 g/mol. The van der Waals surface area contributed by atoms with Gasteiger partial charge in [0.2, 0.25) is 0 Å². The van der Waals surface area contributed by atoms with E-state index < -0.39 is 18.0 Å². The average molecular weight is 264 g/mol. The number of rotatable bonds is 3. The molecule has 0 spiro atoms. The first-order valence-electron chi connectivity index (χ1n) is 6.11. The van der Waals surface area contributed by atoms with Gasteiger partial charge in [-0.1, -0.05) is 39.0 Å². The number of carbonyl (C=O) groups excluding carboxylic acids is 1. The zero-order valence-electron chi connectivity index (χ0n) is 11.7. The third-order valence-electron chi connectivity index (χ3n) is 2.70. The second-order valence-electron chi connectivity index (χ2n) is 5.45. The van der Waals surface area contributed by atoms with Crippen molar-refractivity contribution in [1.82, 2.24) is 5.32 Å². The third-order valence-corrected chi connectivity index (χ3v) is 2.70. The molecule has 0 radical (unpaired) electrons. The number of urea groups is 1. The van der Waals surface area contributed by atoms with Gasteiger partial charge in [-0.3, -0.25) is 4.79 Å². The van der Waals surface area contributed by atoms with Crippen LogP contribution in [0.15, 0.2) is 24.3 Å². The Kier molecular flexibility index (Phi) is 4.53. The van der Waals surface area contributed by atoms with Gasteiger partial charge in [-0.25, -0.2) is 4.79 Å². The van der Waals surface area contributed by atoms with Gasteiger partial charge in [0.05, 0.1) is 0 Å². The van der Waals surface area contributed by atoms with E-state index in [4.69, 9.17) is 5.11 Å². The highest BCUT2D eigenvalue weighted by Gasteiger charge is 2.19. The summed E-state index contributed by atoms with van der Waals surface area (Å²) in [7, 11) is 0. The van der Waals surface area contributed by atoms with Gasteiger partial charge in [-0.2, -0.15) is 0 Å². The topological polar surface area (TPSA) is 78.4 Å². The highest BCUT2D eigenvalue weighted by molar-refractivity contribution is 5.92. The van der Waals surface area contributed by atoms with E-state index in [0.717, 1.165) is 5.56 Å². The minimum absolute atomic E-state index is 0.109. The first kappa shape index (κ1) is 15.0. The fourth-order valence-corrected chi connectivity index (χ4v) is 1.66. The van der Waals surface area contributed by atoms with Crippen LogP contribution in [-0.2, 0) is 10.2 Å². The molecular formula is C14H20N2O3. The zero-order chi connectivity index (χ0) is 14.6. The fraction of sp³-hybridized carbons (Fsp3) is 0.429. The lowest BCUT2D eigenvalue weighted by Gasteiger charge is -2.23. The SMILES string of the molecule is CC(NC(=O)Nc1ccccc1C(C)(C)C)C(=O)O. The molecule has 104 valence electrons. The van der Waals surface area contributed by atoms with Crippen molar-refractivity contribution in [1.29, 1.82) is 0 Å². The van der Waals surface area contributed by atoms with Gasteiger partial charge in [-0.05, 0) is 24.0 Å². The van der Waals surface area contributed by atoms with Gasteiger partial charge in [0.25, 0.3) is 0 Å². The summed E-state index contributed by atoms with van der Waals surface area (Å²) in [5, 5.41) is 13.8. The van der Waals surface area contributed by atoms with E-state index in [1.54, 1.807) is 6.07 Å². The van der Waals surface area contributed by atoms with Gasteiger partial charge in [0.15, 0.2) is 0 Å². The molecule has 0 aliphatic rings. The van der Waals surface area contributed by atoms with Crippen LogP contribution in [0.4, 0.5) is 10.5 Å². The standard InChI is InChI=1S/C14H20N2O3/c1-9(12(17)18)15-13(19)16-11-8-6-5-7-10(11)14(2,3)4/h5-9H,1-4H3,(H,17,18)(H2,15,16,19). The van der Waals surface area contributed by atoms with E-state index in [2.05, 4.69) is 10.6 Å². The molecule has 1 atom stereocenters. The largest absolute Gasteiger partial charge is 0.480 e. The number of carboxylic acid groups (broad SMARTS) is 1. The summed E-state index contributed by atoms with van der Waals surface area (Å²) in [5.74, 6) is -1.07. The third kappa shape index (κ3) is 4.28. The van der Waals surface area contributed by atoms with Crippen molar-refractivity contribution in [3.05, 3.63) is 29.8 Å². The number of nitrogens with one attached hydrogen (secondary N) is 2. The van der Waals surface area contributed by atoms with Crippen LogP contribution in [0, 0.1) is 0 Å². The molecule has 1 rings (SSSR count). The van der Waals surface area contributed by atoms with Crippen LogP contribution in [0.25, 0.3) is 0 Å². The molecule has 0 aromatic heterocycles. The number of carbonyl (C=O) groups is 2. The molecule has 0 saturated carbocycles. The van der Waals surface area contributed by atoms with E-state index in [1.807, 2.05) is 39.0 Å². The molecular weight excluding hydrogens is 244 g/mol. The molecule has 1 aromatic carbocycles. The molecule has 5 nitrogen and oxygen atoms in total. The number of aliphatic carboxylic acids is 1. The predicted molar refractivity (Wildman–Crippen MR) is 74.4 cm³/mol. The summed E-state index contributed by atoms with van der Waals surface area (Å²) in [4.78, 5) is 22.4. The molecule has 3 N–H and O–H groups in total. The summed E-state index contributed by atoms with van der Waals surface area (Å²) in [6, 6.07) is 6.02. The maximum absolute atomic E-state index is 11.7. The van der Waals surface area contributed by atoms with Crippen molar-refractivity contribution in [2.24, 2.45) is 0 Å². The highest BCUT2D eigenvalue weighted by atomic mass is 16.4. The molecule has 19 heavy (non-hydrogen) atoms. The van der Waals surface area contributed by atoms with E-state index in [9.17, 15) is 9.59 Å². The molecule has 2 amide bonds. The predicted octanol–water partition coefficient (Wildman–Crippen LogP) is 2.58. The van der Waals surface area contributed by atoms with Crippen LogP contribution in [-0.4, -0.2) is 23.1 Å². The van der Waals surface area contributed by atoms with Gasteiger partial charge in [0.1, 0.15) is 6.04 Å². The van der Waals surface area contributed by atoms with Crippen LogP contribution in [0.5, 0.6) is 0 Å². The smallest absolute Gasteiger partial charge is 0.325 e. The molecule has 0 bridgehead atoms. The number of carboxylic acids is 1. The number of anilines is 1. The Hall–Kier alpha value is -2.04. The van der Waals surface area contributed by atoms with Crippen LogP contribution in [0.1, 0.15) is 33.3 Å². The molecule has 0 saturated heterocycles. The summed E-state index contributed by atoms with van der Waals surface area (Å²) >= 11 is 0. The molecule has 5 heteroatoms. The Morgan fingerprint density at radius 3 is 2.32 bits per heavy atom. The number of amides is 2. The van der Waals surface area contributed by atoms with Crippen molar-refractivity contribution >= 4 is 17.7 Å². The molecule has 0 aliphatic carbocycles. The Morgan fingerprint density at radius 1 is 1.21 bits per heavy atom. The Bertz CT molecular complexity index is 478. The minimum Gasteiger partial charge on any atom is -0.480 e. The van der Waals surface area contributed by atoms with E-state index in [1.165, 1.54) is 6.92 Å². The maximum Gasteiger partial charge on any atom is 0.325 e. The van der Waals surface area contributed by atoms with Crippen molar-refractivity contribution in [2.45, 2.75) is 39.2 Å². The second kappa shape index (κ2) is 5.73. The van der Waals surface area contributed by atoms with Crippen molar-refractivity contribution in [2.75, 3.05) is 5.32 Å². The minimum atomic E-state index is -1.07. The van der Waals surface area contributed by atoms with E-state index >= 15 is 0 Å². The lowest BCUT2D eigenvalue weighted by Crippen LogP contribution is -2.41. The molecule has 0 aliphatic heterocycles. The van der Waals surface area contributed by atoms with Crippen LogP contribution >= 0.6 is 0 Å². The first-order valence-corrected chi connectivity index (χ1v) is 6.11. The summed E-state index contributed by atoms with van der Waals surface area (Å²) in [6.45, 7) is 7.56. The van der Waals surface area contributed by atoms with Gasteiger partial charge < -0.3 is 15.7 Å². The van der Waals surface area contributed by atoms with Crippen molar-refractivity contribution in [3.63, 3.8) is 0 Å². The quantitative estimate of drug-likeness (QED) is 0.785. The average Bonchev–Trinajstić information content (AvgIpc) is 2.27. The van der Waals surface area contributed by atoms with Crippen LogP contribution in [0.3, 0.4) is 0 Å². The molecule has 1 unspecified atom stereocenters. The van der Waals surface area contributed by atoms with E-state index in [0.29, 0.717) is 5.69 Å². The number of para-hydroxylation sites is 1. The number of hydrogen-bond acceptors (Lipinski definition) is 2. The van der Waals surface area contributed by atoms with Crippen LogP contribution in [0.2, 0.25) is 0 Å². The Labute approximate surface area is 113 Å².